The van der Waals surface area contributed by atoms with Crippen LogP contribution in [0.25, 0.3) is 0 Å². The fourth-order valence-corrected chi connectivity index (χ4v) is 2.44. The summed E-state index contributed by atoms with van der Waals surface area (Å²) in [6.07, 6.45) is 2.15. The Hall–Kier alpha value is -1.73. The van der Waals surface area contributed by atoms with Crippen molar-refractivity contribution in [3.8, 4) is 5.75 Å². The van der Waals surface area contributed by atoms with Gasteiger partial charge in [-0.1, -0.05) is 12.8 Å². The van der Waals surface area contributed by atoms with Crippen molar-refractivity contribution < 1.29 is 23.4 Å². The minimum absolute atomic E-state index is 0.0124. The molecule has 0 aliphatic heterocycles. The molecule has 4 N–H and O–H groups in total. The summed E-state index contributed by atoms with van der Waals surface area (Å²) in [5, 5.41) is 12.4. The molecule has 1 amide bonds. The molecule has 22 heavy (non-hydrogen) atoms. The molecule has 0 aromatic heterocycles. The first kappa shape index (κ1) is 16.6. The van der Waals surface area contributed by atoms with Crippen LogP contribution in [-0.2, 0) is 4.79 Å². The maximum atomic E-state index is 13.0. The van der Waals surface area contributed by atoms with E-state index < -0.39 is 23.3 Å². The maximum Gasteiger partial charge on any atom is 0.240 e. The van der Waals surface area contributed by atoms with Gasteiger partial charge in [0.15, 0.2) is 11.6 Å². The van der Waals surface area contributed by atoms with Crippen LogP contribution in [0.5, 0.6) is 5.75 Å². The molecule has 1 atom stereocenters. The van der Waals surface area contributed by atoms with Gasteiger partial charge in [0.1, 0.15) is 18.5 Å². The number of carbonyl (C=O) groups is 1. The third-order valence-electron chi connectivity index (χ3n) is 3.78. The van der Waals surface area contributed by atoms with Crippen LogP contribution in [0.15, 0.2) is 18.2 Å². The SMILES string of the molecule is NC1(C(=O)NCC(O)COc2ccc(F)c(F)c2)CCCC1. The monoisotopic (exact) mass is 314 g/mol. The normalized spacial score (nSPS) is 18.0. The largest absolute Gasteiger partial charge is 0.491 e. The second kappa shape index (κ2) is 7.02. The van der Waals surface area contributed by atoms with Crippen molar-refractivity contribution in [1.82, 2.24) is 5.32 Å². The number of halogens is 2. The highest BCUT2D eigenvalue weighted by molar-refractivity contribution is 5.86. The first-order chi connectivity index (χ1) is 10.4. The Kier molecular flexibility index (Phi) is 5.31. The van der Waals surface area contributed by atoms with Crippen molar-refractivity contribution >= 4 is 5.91 Å². The lowest BCUT2D eigenvalue weighted by molar-refractivity contribution is -0.126. The third kappa shape index (κ3) is 4.14. The number of carbonyl (C=O) groups excluding carboxylic acids is 1. The van der Waals surface area contributed by atoms with E-state index in [0.29, 0.717) is 12.8 Å². The van der Waals surface area contributed by atoms with Gasteiger partial charge in [-0.05, 0) is 25.0 Å². The minimum atomic E-state index is -1.02. The molecule has 0 bridgehead atoms. The lowest BCUT2D eigenvalue weighted by atomic mass is 9.98. The van der Waals surface area contributed by atoms with Gasteiger partial charge in [-0.25, -0.2) is 8.78 Å². The van der Waals surface area contributed by atoms with Gasteiger partial charge in [-0.3, -0.25) is 4.79 Å². The lowest BCUT2D eigenvalue weighted by Gasteiger charge is -2.23. The van der Waals surface area contributed by atoms with Crippen molar-refractivity contribution in [1.29, 1.82) is 0 Å². The number of rotatable bonds is 6. The highest BCUT2D eigenvalue weighted by atomic mass is 19.2. The average Bonchev–Trinajstić information content (AvgIpc) is 2.94. The Morgan fingerprint density at radius 1 is 1.36 bits per heavy atom. The van der Waals surface area contributed by atoms with E-state index in [1.54, 1.807) is 0 Å². The van der Waals surface area contributed by atoms with Crippen molar-refractivity contribution in [2.75, 3.05) is 13.2 Å². The maximum absolute atomic E-state index is 13.0. The topological polar surface area (TPSA) is 84.6 Å². The van der Waals surface area contributed by atoms with Gasteiger partial charge >= 0.3 is 0 Å². The van der Waals surface area contributed by atoms with E-state index in [-0.39, 0.29) is 24.8 Å². The van der Waals surface area contributed by atoms with Crippen LogP contribution in [0.3, 0.4) is 0 Å². The standard InChI is InChI=1S/C15H20F2N2O3/c16-12-4-3-11(7-13(12)17)22-9-10(20)8-19-14(21)15(18)5-1-2-6-15/h3-4,7,10,20H,1-2,5-6,8-9,18H2,(H,19,21). The molecule has 1 unspecified atom stereocenters. The summed E-state index contributed by atoms with van der Waals surface area (Å²) in [7, 11) is 0. The summed E-state index contributed by atoms with van der Waals surface area (Å²) < 4.78 is 30.9. The predicted molar refractivity (Wildman–Crippen MR) is 76.3 cm³/mol. The van der Waals surface area contributed by atoms with Gasteiger partial charge in [0.05, 0.1) is 5.54 Å². The van der Waals surface area contributed by atoms with E-state index in [9.17, 15) is 18.7 Å². The quantitative estimate of drug-likeness (QED) is 0.734. The first-order valence-electron chi connectivity index (χ1n) is 7.24. The Labute approximate surface area is 127 Å². The number of benzene rings is 1. The minimum Gasteiger partial charge on any atom is -0.491 e. The Bertz CT molecular complexity index is 534. The van der Waals surface area contributed by atoms with E-state index in [1.165, 1.54) is 6.07 Å². The van der Waals surface area contributed by atoms with Crippen LogP contribution in [0.2, 0.25) is 0 Å². The van der Waals surface area contributed by atoms with Crippen molar-refractivity contribution in [2.24, 2.45) is 5.73 Å². The molecule has 1 aromatic carbocycles. The molecule has 1 saturated carbocycles. The van der Waals surface area contributed by atoms with Crippen LogP contribution in [0.1, 0.15) is 25.7 Å². The van der Waals surface area contributed by atoms with Gasteiger partial charge in [-0.2, -0.15) is 0 Å². The van der Waals surface area contributed by atoms with E-state index >= 15 is 0 Å². The summed E-state index contributed by atoms with van der Waals surface area (Å²) in [6, 6.07) is 3.10. The number of aliphatic hydroxyl groups is 1. The highest BCUT2D eigenvalue weighted by Gasteiger charge is 2.36. The van der Waals surface area contributed by atoms with Crippen LogP contribution < -0.4 is 15.8 Å². The molecule has 2 rings (SSSR count). The molecule has 0 heterocycles. The zero-order chi connectivity index (χ0) is 16.2. The van der Waals surface area contributed by atoms with E-state index in [4.69, 9.17) is 10.5 Å². The number of nitrogens with one attached hydrogen (secondary N) is 1. The van der Waals surface area contributed by atoms with Crippen LogP contribution in [0, 0.1) is 11.6 Å². The summed E-state index contributed by atoms with van der Waals surface area (Å²) >= 11 is 0. The Morgan fingerprint density at radius 2 is 2.05 bits per heavy atom. The van der Waals surface area contributed by atoms with Crippen molar-refractivity contribution in [3.05, 3.63) is 29.8 Å². The van der Waals surface area contributed by atoms with Gasteiger partial charge in [0.25, 0.3) is 0 Å². The number of nitrogens with two attached hydrogens (primary N) is 1. The number of aliphatic hydroxyl groups excluding tert-OH is 1. The highest BCUT2D eigenvalue weighted by Crippen LogP contribution is 2.27. The molecular formula is C15H20F2N2O3. The van der Waals surface area contributed by atoms with Crippen molar-refractivity contribution in [2.45, 2.75) is 37.3 Å². The first-order valence-corrected chi connectivity index (χ1v) is 7.24. The van der Waals surface area contributed by atoms with Gasteiger partial charge in [0, 0.05) is 12.6 Å². The molecule has 122 valence electrons. The second-order valence-corrected chi connectivity index (χ2v) is 5.61. The molecule has 0 saturated heterocycles. The summed E-state index contributed by atoms with van der Waals surface area (Å²) in [4.78, 5) is 11.9. The number of ether oxygens (including phenoxy) is 1. The van der Waals surface area contributed by atoms with Crippen LogP contribution >= 0.6 is 0 Å². The molecule has 1 aliphatic carbocycles. The fourth-order valence-electron chi connectivity index (χ4n) is 2.44. The molecule has 0 spiro atoms. The fraction of sp³-hybridized carbons (Fsp3) is 0.533. The average molecular weight is 314 g/mol. The summed E-state index contributed by atoms with van der Waals surface area (Å²) in [6.45, 7) is -0.162. The second-order valence-electron chi connectivity index (χ2n) is 5.61. The smallest absolute Gasteiger partial charge is 0.240 e. The number of amides is 1. The molecule has 7 heteroatoms. The Balaban J connectivity index is 1.74. The number of hydrogen-bond donors (Lipinski definition) is 3. The van der Waals surface area contributed by atoms with Crippen molar-refractivity contribution in [3.63, 3.8) is 0 Å². The predicted octanol–water partition coefficient (Wildman–Crippen LogP) is 1.09. The number of hydrogen-bond acceptors (Lipinski definition) is 4. The molecule has 5 nitrogen and oxygen atoms in total. The van der Waals surface area contributed by atoms with Gasteiger partial charge < -0.3 is 20.9 Å². The molecule has 0 radical (unpaired) electrons. The zero-order valence-corrected chi connectivity index (χ0v) is 12.1. The van der Waals surface area contributed by atoms with Crippen LogP contribution in [0.4, 0.5) is 8.78 Å². The molecule has 1 aliphatic rings. The van der Waals surface area contributed by atoms with Gasteiger partial charge in [-0.15, -0.1) is 0 Å². The molecule has 1 aromatic rings. The van der Waals surface area contributed by atoms with E-state index in [1.807, 2.05) is 0 Å². The van der Waals surface area contributed by atoms with Crippen LogP contribution in [-0.4, -0.2) is 35.8 Å². The zero-order valence-electron chi connectivity index (χ0n) is 12.1. The van der Waals surface area contributed by atoms with Gasteiger partial charge in [0.2, 0.25) is 5.91 Å². The Morgan fingerprint density at radius 3 is 2.68 bits per heavy atom. The molecule has 1 fully saturated rings. The molecular weight excluding hydrogens is 294 g/mol. The summed E-state index contributed by atoms with van der Waals surface area (Å²) in [5.74, 6) is -2.16. The summed E-state index contributed by atoms with van der Waals surface area (Å²) in [5.41, 5.74) is 5.14. The van der Waals surface area contributed by atoms with E-state index in [2.05, 4.69) is 5.32 Å². The van der Waals surface area contributed by atoms with E-state index in [0.717, 1.165) is 25.0 Å². The lowest BCUT2D eigenvalue weighted by Crippen LogP contribution is -2.53. The third-order valence-corrected chi connectivity index (χ3v) is 3.78.